The van der Waals surface area contributed by atoms with E-state index < -0.39 is 0 Å². The van der Waals surface area contributed by atoms with Gasteiger partial charge in [0.05, 0.1) is 11.9 Å². The fourth-order valence-electron chi connectivity index (χ4n) is 3.24. The number of hydrogen-bond donors (Lipinski definition) is 1. The third-order valence-corrected chi connectivity index (χ3v) is 4.35. The average molecular weight is 347 g/mol. The highest BCUT2D eigenvalue weighted by molar-refractivity contribution is 5.92. The molecule has 5 nitrogen and oxygen atoms in total. The molecule has 0 saturated carbocycles. The van der Waals surface area contributed by atoms with Gasteiger partial charge in [-0.1, -0.05) is 0 Å². The molecule has 7 heteroatoms. The van der Waals surface area contributed by atoms with Gasteiger partial charge in [-0.15, -0.1) is 24.8 Å². The van der Waals surface area contributed by atoms with Crippen LogP contribution < -0.4 is 5.73 Å². The van der Waals surface area contributed by atoms with Crippen LogP contribution in [-0.2, 0) is 0 Å². The minimum atomic E-state index is 0. The molecule has 2 aliphatic rings. The maximum Gasteiger partial charge on any atom is 0.272 e. The minimum absolute atomic E-state index is 0. The lowest BCUT2D eigenvalue weighted by Crippen LogP contribution is -2.49. The van der Waals surface area contributed by atoms with E-state index >= 15 is 0 Å². The summed E-state index contributed by atoms with van der Waals surface area (Å²) in [5.74, 6) is 0.0360. The minimum Gasteiger partial charge on any atom is -0.397 e. The number of hydrogen-bond acceptors (Lipinski definition) is 4. The fourth-order valence-corrected chi connectivity index (χ4v) is 3.24. The predicted molar refractivity (Wildman–Crippen MR) is 92.9 cm³/mol. The van der Waals surface area contributed by atoms with Gasteiger partial charge in [-0.05, 0) is 50.9 Å². The second-order valence-electron chi connectivity index (χ2n) is 5.77. The molecule has 1 atom stereocenters. The third kappa shape index (κ3) is 4.24. The van der Waals surface area contributed by atoms with Crippen LogP contribution in [0.3, 0.4) is 0 Å². The summed E-state index contributed by atoms with van der Waals surface area (Å²) in [5.41, 5.74) is 6.71. The topological polar surface area (TPSA) is 62.5 Å². The van der Waals surface area contributed by atoms with E-state index in [9.17, 15) is 4.79 Å². The normalized spacial score (nSPS) is 21.8. The molecule has 1 aromatic heterocycles. The largest absolute Gasteiger partial charge is 0.397 e. The molecule has 1 aromatic rings. The van der Waals surface area contributed by atoms with Crippen molar-refractivity contribution in [3.63, 3.8) is 0 Å². The van der Waals surface area contributed by atoms with E-state index in [0.29, 0.717) is 17.4 Å². The van der Waals surface area contributed by atoms with Gasteiger partial charge in [-0.25, -0.2) is 4.98 Å². The van der Waals surface area contributed by atoms with Crippen molar-refractivity contribution in [2.75, 3.05) is 31.9 Å². The number of carbonyl (C=O) groups excluding carboxylic acids is 1. The molecule has 3 rings (SSSR count). The van der Waals surface area contributed by atoms with Crippen LogP contribution in [0.4, 0.5) is 5.69 Å². The Morgan fingerprint density at radius 3 is 2.50 bits per heavy atom. The van der Waals surface area contributed by atoms with Crippen LogP contribution in [0.15, 0.2) is 18.3 Å². The highest BCUT2D eigenvalue weighted by Gasteiger charge is 2.29. The zero-order chi connectivity index (χ0) is 13.9. The van der Waals surface area contributed by atoms with Crippen molar-refractivity contribution in [3.8, 4) is 0 Å². The summed E-state index contributed by atoms with van der Waals surface area (Å²) >= 11 is 0. The number of anilines is 1. The maximum absolute atomic E-state index is 12.5. The number of aromatic nitrogens is 1. The Kier molecular flexibility index (Phi) is 7.39. The highest BCUT2D eigenvalue weighted by Crippen LogP contribution is 2.21. The Labute approximate surface area is 144 Å². The molecule has 0 radical (unpaired) electrons. The van der Waals surface area contributed by atoms with Crippen molar-refractivity contribution in [2.45, 2.75) is 31.7 Å². The van der Waals surface area contributed by atoms with Gasteiger partial charge in [0.1, 0.15) is 5.69 Å². The molecular formula is C15H24Cl2N4O. The van der Waals surface area contributed by atoms with E-state index in [1.807, 2.05) is 4.90 Å². The number of amides is 1. The summed E-state index contributed by atoms with van der Waals surface area (Å²) in [6.45, 7) is 4.06. The monoisotopic (exact) mass is 346 g/mol. The number of carbonyl (C=O) groups is 1. The summed E-state index contributed by atoms with van der Waals surface area (Å²) in [4.78, 5) is 21.1. The van der Waals surface area contributed by atoms with Crippen LogP contribution in [0.1, 0.15) is 36.2 Å². The molecule has 124 valence electrons. The lowest BCUT2D eigenvalue weighted by molar-refractivity contribution is 0.0602. The number of nitrogens with zero attached hydrogens (tertiary/aromatic N) is 3. The van der Waals surface area contributed by atoms with Crippen LogP contribution >= 0.6 is 24.8 Å². The van der Waals surface area contributed by atoms with Crippen molar-refractivity contribution in [2.24, 2.45) is 0 Å². The van der Waals surface area contributed by atoms with Gasteiger partial charge in [0, 0.05) is 19.1 Å². The van der Waals surface area contributed by atoms with Gasteiger partial charge >= 0.3 is 0 Å². The Morgan fingerprint density at radius 2 is 1.86 bits per heavy atom. The molecule has 2 fully saturated rings. The van der Waals surface area contributed by atoms with Gasteiger partial charge in [-0.2, -0.15) is 0 Å². The van der Waals surface area contributed by atoms with Crippen molar-refractivity contribution in [1.29, 1.82) is 0 Å². The quantitative estimate of drug-likeness (QED) is 0.891. The molecular weight excluding hydrogens is 323 g/mol. The van der Waals surface area contributed by atoms with E-state index in [1.54, 1.807) is 18.3 Å². The lowest BCUT2D eigenvalue weighted by Gasteiger charge is -2.37. The number of nitrogens with two attached hydrogens (primary N) is 1. The molecule has 0 spiro atoms. The molecule has 0 aliphatic carbocycles. The first-order chi connectivity index (χ1) is 9.74. The zero-order valence-electron chi connectivity index (χ0n) is 12.6. The standard InChI is InChI=1S/C15H22N4O.2ClH/c16-12-5-6-14(17-10-12)15(20)19-9-3-4-13(11-19)18-7-1-2-8-18;;/h5-6,10,13H,1-4,7-9,11,16H2;2*1H. The first-order valence-corrected chi connectivity index (χ1v) is 7.49. The Morgan fingerprint density at radius 1 is 1.14 bits per heavy atom. The molecule has 2 aliphatic heterocycles. The van der Waals surface area contributed by atoms with E-state index in [1.165, 1.54) is 32.4 Å². The van der Waals surface area contributed by atoms with Crippen molar-refractivity contribution >= 4 is 36.4 Å². The number of piperidine rings is 1. The number of pyridine rings is 1. The molecule has 22 heavy (non-hydrogen) atoms. The number of nitrogen functional groups attached to an aromatic ring is 1. The Bertz CT molecular complexity index is 477. The highest BCUT2D eigenvalue weighted by atomic mass is 35.5. The van der Waals surface area contributed by atoms with Crippen LogP contribution in [0.2, 0.25) is 0 Å². The maximum atomic E-state index is 12.5. The van der Waals surface area contributed by atoms with E-state index in [-0.39, 0.29) is 30.7 Å². The second kappa shape index (κ2) is 8.56. The van der Waals surface area contributed by atoms with E-state index in [0.717, 1.165) is 19.5 Å². The number of rotatable bonds is 2. The number of halogens is 2. The summed E-state index contributed by atoms with van der Waals surface area (Å²) < 4.78 is 0. The van der Waals surface area contributed by atoms with Crippen molar-refractivity contribution in [3.05, 3.63) is 24.0 Å². The molecule has 2 saturated heterocycles. The van der Waals surface area contributed by atoms with Crippen LogP contribution in [-0.4, -0.2) is 52.9 Å². The molecule has 3 heterocycles. The Hall–Kier alpha value is -1.04. The fraction of sp³-hybridized carbons (Fsp3) is 0.600. The second-order valence-corrected chi connectivity index (χ2v) is 5.77. The van der Waals surface area contributed by atoms with E-state index in [4.69, 9.17) is 5.73 Å². The lowest BCUT2D eigenvalue weighted by atomic mass is 10.0. The molecule has 1 unspecified atom stereocenters. The van der Waals surface area contributed by atoms with Crippen molar-refractivity contribution < 1.29 is 4.79 Å². The molecule has 0 aromatic carbocycles. The van der Waals surface area contributed by atoms with Gasteiger partial charge in [0.25, 0.3) is 5.91 Å². The van der Waals surface area contributed by atoms with Crippen LogP contribution in [0.5, 0.6) is 0 Å². The molecule has 1 amide bonds. The summed E-state index contributed by atoms with van der Waals surface area (Å²) in [5, 5.41) is 0. The SMILES string of the molecule is Cl.Cl.Nc1ccc(C(=O)N2CCCC(N3CCCC3)C2)nc1. The summed E-state index contributed by atoms with van der Waals surface area (Å²) in [6.07, 6.45) is 6.43. The molecule has 0 bridgehead atoms. The van der Waals surface area contributed by atoms with Crippen LogP contribution in [0, 0.1) is 0 Å². The van der Waals surface area contributed by atoms with Gasteiger partial charge < -0.3 is 10.6 Å². The molecule has 2 N–H and O–H groups in total. The van der Waals surface area contributed by atoms with Gasteiger partial charge in [0.15, 0.2) is 0 Å². The van der Waals surface area contributed by atoms with Gasteiger partial charge in [0.2, 0.25) is 0 Å². The van der Waals surface area contributed by atoms with E-state index in [2.05, 4.69) is 9.88 Å². The van der Waals surface area contributed by atoms with Crippen molar-refractivity contribution in [1.82, 2.24) is 14.8 Å². The zero-order valence-corrected chi connectivity index (χ0v) is 14.2. The third-order valence-electron chi connectivity index (χ3n) is 4.35. The van der Waals surface area contributed by atoms with Gasteiger partial charge in [-0.3, -0.25) is 9.69 Å². The smallest absolute Gasteiger partial charge is 0.272 e. The predicted octanol–water partition coefficient (Wildman–Crippen LogP) is 2.21. The number of likely N-dealkylation sites (tertiary alicyclic amines) is 2. The first kappa shape index (κ1) is 19.0. The van der Waals surface area contributed by atoms with Crippen LogP contribution in [0.25, 0.3) is 0 Å². The first-order valence-electron chi connectivity index (χ1n) is 7.49. The Balaban J connectivity index is 0.00000121. The summed E-state index contributed by atoms with van der Waals surface area (Å²) in [6, 6.07) is 3.99. The average Bonchev–Trinajstić information content (AvgIpc) is 3.02. The summed E-state index contributed by atoms with van der Waals surface area (Å²) in [7, 11) is 0.